The molecule has 5 aromatic rings. The highest BCUT2D eigenvalue weighted by Crippen LogP contribution is 2.44. The molecule has 0 bridgehead atoms. The fraction of sp³-hybridized carbons (Fsp3) is 0.129. The van der Waals surface area contributed by atoms with E-state index in [2.05, 4.69) is 22.6 Å². The molecule has 1 heterocycles. The zero-order valence-corrected chi connectivity index (χ0v) is 20.3. The fourth-order valence-electron chi connectivity index (χ4n) is 5.13. The molecule has 0 radical (unpaired) electrons. The lowest BCUT2D eigenvalue weighted by molar-refractivity contribution is -0.139. The highest BCUT2D eigenvalue weighted by molar-refractivity contribution is 5.92. The zero-order chi connectivity index (χ0) is 26.1. The Morgan fingerprint density at radius 2 is 1.55 bits per heavy atom. The number of nitrogens with zero attached hydrogens (tertiary/aromatic N) is 1. The number of hydrogen-bond acceptors (Lipinski definition) is 5. The van der Waals surface area contributed by atoms with E-state index >= 15 is 0 Å². The van der Waals surface area contributed by atoms with E-state index in [0.717, 1.165) is 38.8 Å². The molecule has 0 fully saturated rings. The molecule has 0 saturated heterocycles. The number of hydrogen-bond donors (Lipinski definition) is 2. The molecular weight excluding hydrogens is 480 g/mol. The average Bonchev–Trinajstić information content (AvgIpc) is 3.51. The number of fused-ring (bicyclic) bond motifs is 4. The Labute approximate surface area is 218 Å². The maximum atomic E-state index is 12.7. The number of carboxylic acid groups (broad SMARTS) is 1. The smallest absolute Gasteiger partial charge is 0.407 e. The van der Waals surface area contributed by atoms with E-state index in [1.54, 1.807) is 12.1 Å². The van der Waals surface area contributed by atoms with Gasteiger partial charge in [-0.25, -0.2) is 9.59 Å². The van der Waals surface area contributed by atoms with E-state index < -0.39 is 18.1 Å². The molecule has 0 spiro atoms. The van der Waals surface area contributed by atoms with Crippen LogP contribution < -0.4 is 5.32 Å². The summed E-state index contributed by atoms with van der Waals surface area (Å²) in [5.74, 6) is -0.644. The van der Waals surface area contributed by atoms with Gasteiger partial charge in [-0.2, -0.15) is 0 Å². The Kier molecular flexibility index (Phi) is 6.09. The van der Waals surface area contributed by atoms with Crippen LogP contribution in [-0.4, -0.2) is 35.0 Å². The molecule has 1 aromatic heterocycles. The molecule has 4 aromatic carbocycles. The van der Waals surface area contributed by atoms with Gasteiger partial charge in [0.25, 0.3) is 0 Å². The monoisotopic (exact) mass is 504 g/mol. The van der Waals surface area contributed by atoms with E-state index in [4.69, 9.17) is 9.26 Å². The van der Waals surface area contributed by atoms with E-state index in [0.29, 0.717) is 11.3 Å². The molecule has 1 amide bonds. The van der Waals surface area contributed by atoms with Gasteiger partial charge in [-0.15, -0.1) is 0 Å². The Balaban J connectivity index is 1.16. The van der Waals surface area contributed by atoms with Crippen molar-refractivity contribution in [2.24, 2.45) is 0 Å². The second-order valence-electron chi connectivity index (χ2n) is 9.29. The van der Waals surface area contributed by atoms with E-state index in [1.807, 2.05) is 72.8 Å². The van der Waals surface area contributed by atoms with Crippen LogP contribution in [0.2, 0.25) is 0 Å². The largest absolute Gasteiger partial charge is 0.480 e. The van der Waals surface area contributed by atoms with Gasteiger partial charge in [-0.3, -0.25) is 0 Å². The molecule has 6 rings (SSSR count). The average molecular weight is 505 g/mol. The summed E-state index contributed by atoms with van der Waals surface area (Å²) in [6.07, 6.45) is -0.690. The predicted molar refractivity (Wildman–Crippen MR) is 143 cm³/mol. The highest BCUT2D eigenvalue weighted by atomic mass is 16.5. The molecule has 7 nitrogen and oxygen atoms in total. The normalized spacial score (nSPS) is 13.1. The quantitative estimate of drug-likeness (QED) is 0.281. The van der Waals surface area contributed by atoms with E-state index in [-0.39, 0.29) is 18.9 Å². The van der Waals surface area contributed by atoms with Crippen molar-refractivity contribution in [3.8, 4) is 22.5 Å². The molecular formula is C31H24N2O5. The van der Waals surface area contributed by atoms with Crippen LogP contribution in [-0.2, 0) is 16.0 Å². The van der Waals surface area contributed by atoms with Crippen LogP contribution in [0.4, 0.5) is 4.79 Å². The van der Waals surface area contributed by atoms with Crippen LogP contribution in [0.3, 0.4) is 0 Å². The molecule has 1 aliphatic carbocycles. The topological polar surface area (TPSA) is 102 Å². The molecule has 1 unspecified atom stereocenters. The summed E-state index contributed by atoms with van der Waals surface area (Å²) in [4.78, 5) is 24.7. The number of ether oxygens (including phenoxy) is 1. The van der Waals surface area contributed by atoms with Crippen molar-refractivity contribution in [2.45, 2.75) is 18.4 Å². The second kappa shape index (κ2) is 9.86. The van der Waals surface area contributed by atoms with Gasteiger partial charge in [-0.1, -0.05) is 90.1 Å². The molecule has 188 valence electrons. The SMILES string of the molecule is O=C(NC(Cc1ccc2noc(-c3ccccc3)c2c1)C(=O)O)OCC1c2ccccc2-c2ccccc21. The number of carboxylic acids is 1. The number of aliphatic carboxylic acids is 1. The molecule has 38 heavy (non-hydrogen) atoms. The van der Waals surface area contributed by atoms with Crippen molar-refractivity contribution in [2.75, 3.05) is 6.61 Å². The lowest BCUT2D eigenvalue weighted by Crippen LogP contribution is -2.42. The van der Waals surface area contributed by atoms with Crippen LogP contribution in [0.5, 0.6) is 0 Å². The van der Waals surface area contributed by atoms with Crippen LogP contribution in [0.25, 0.3) is 33.4 Å². The number of carbonyl (C=O) groups is 2. The standard InChI is InChI=1S/C31H24N2O5/c34-30(35)28(17-19-14-15-27-25(16-19)29(38-33-27)20-8-2-1-3-9-20)32-31(36)37-18-26-23-12-6-4-10-21(23)22-11-5-7-13-24(22)26/h1-16,26,28H,17-18H2,(H,32,36)(H,34,35). The molecule has 0 aliphatic heterocycles. The van der Waals surface area contributed by atoms with Crippen molar-refractivity contribution in [1.29, 1.82) is 0 Å². The lowest BCUT2D eigenvalue weighted by atomic mass is 9.98. The Morgan fingerprint density at radius 3 is 2.24 bits per heavy atom. The third-order valence-electron chi connectivity index (χ3n) is 6.95. The molecule has 0 saturated carbocycles. The summed E-state index contributed by atoms with van der Waals surface area (Å²) in [7, 11) is 0. The van der Waals surface area contributed by atoms with Crippen LogP contribution in [0.1, 0.15) is 22.6 Å². The van der Waals surface area contributed by atoms with Gasteiger partial charge in [-0.05, 0) is 39.9 Å². The second-order valence-corrected chi connectivity index (χ2v) is 9.29. The number of alkyl carbamates (subject to hydrolysis) is 1. The number of rotatable bonds is 7. The third kappa shape index (κ3) is 4.39. The molecule has 1 aliphatic rings. The maximum Gasteiger partial charge on any atom is 0.407 e. The van der Waals surface area contributed by atoms with Crippen LogP contribution in [0.15, 0.2) is 102 Å². The number of nitrogens with one attached hydrogen (secondary N) is 1. The Hall–Kier alpha value is -4.91. The van der Waals surface area contributed by atoms with Crippen molar-refractivity contribution < 1.29 is 24.0 Å². The number of benzene rings is 4. The van der Waals surface area contributed by atoms with Gasteiger partial charge in [0.05, 0.1) is 0 Å². The van der Waals surface area contributed by atoms with Crippen molar-refractivity contribution >= 4 is 23.0 Å². The van der Waals surface area contributed by atoms with E-state index in [9.17, 15) is 14.7 Å². The highest BCUT2D eigenvalue weighted by Gasteiger charge is 2.30. The van der Waals surface area contributed by atoms with Gasteiger partial charge in [0, 0.05) is 23.3 Å². The number of aromatic nitrogens is 1. The summed E-state index contributed by atoms with van der Waals surface area (Å²) in [6, 6.07) is 29.9. The summed E-state index contributed by atoms with van der Waals surface area (Å²) < 4.78 is 11.1. The lowest BCUT2D eigenvalue weighted by Gasteiger charge is -2.17. The molecule has 7 heteroatoms. The van der Waals surface area contributed by atoms with Gasteiger partial charge >= 0.3 is 12.1 Å². The van der Waals surface area contributed by atoms with Crippen LogP contribution >= 0.6 is 0 Å². The minimum absolute atomic E-state index is 0.0783. The predicted octanol–water partition coefficient (Wildman–Crippen LogP) is 6.03. The molecule has 1 atom stereocenters. The summed E-state index contributed by atoms with van der Waals surface area (Å²) >= 11 is 0. The van der Waals surface area contributed by atoms with Gasteiger partial charge < -0.3 is 19.7 Å². The van der Waals surface area contributed by atoms with Crippen molar-refractivity contribution in [3.05, 3.63) is 114 Å². The first-order valence-electron chi connectivity index (χ1n) is 12.4. The zero-order valence-electron chi connectivity index (χ0n) is 20.3. The molecule has 2 N–H and O–H groups in total. The van der Waals surface area contributed by atoms with Crippen LogP contribution in [0, 0.1) is 0 Å². The van der Waals surface area contributed by atoms with Gasteiger partial charge in [0.2, 0.25) is 0 Å². The minimum Gasteiger partial charge on any atom is -0.480 e. The van der Waals surface area contributed by atoms with Crippen molar-refractivity contribution in [1.82, 2.24) is 10.5 Å². The first kappa shape index (κ1) is 23.5. The summed E-state index contributed by atoms with van der Waals surface area (Å²) in [5, 5.41) is 17.2. The Bertz CT molecular complexity index is 1600. The Morgan fingerprint density at radius 1 is 0.895 bits per heavy atom. The third-order valence-corrected chi connectivity index (χ3v) is 6.95. The first-order valence-corrected chi connectivity index (χ1v) is 12.4. The summed E-state index contributed by atoms with van der Waals surface area (Å²) in [5.41, 5.74) is 6.70. The number of carbonyl (C=O) groups excluding carboxylic acids is 1. The minimum atomic E-state index is -1.16. The van der Waals surface area contributed by atoms with E-state index in [1.165, 1.54) is 0 Å². The van der Waals surface area contributed by atoms with Gasteiger partial charge in [0.1, 0.15) is 18.2 Å². The van der Waals surface area contributed by atoms with Crippen molar-refractivity contribution in [3.63, 3.8) is 0 Å². The number of amides is 1. The van der Waals surface area contributed by atoms with Gasteiger partial charge in [0.15, 0.2) is 5.76 Å². The first-order chi connectivity index (χ1) is 18.6. The summed E-state index contributed by atoms with van der Waals surface area (Å²) in [6.45, 7) is 0.110. The fourth-order valence-corrected chi connectivity index (χ4v) is 5.13. The maximum absolute atomic E-state index is 12.7.